The Morgan fingerprint density at radius 2 is 1.90 bits per heavy atom. The monoisotopic (exact) mass is 283 g/mol. The third kappa shape index (κ3) is 5.12. The molecular weight excluding hydrogens is 254 g/mol. The van der Waals surface area contributed by atoms with Gasteiger partial charge in [0, 0.05) is 26.7 Å². The molecule has 1 fully saturated rings. The lowest BCUT2D eigenvalue weighted by Crippen LogP contribution is -2.48. The summed E-state index contributed by atoms with van der Waals surface area (Å²) in [7, 11) is 3.50. The average Bonchev–Trinajstić information content (AvgIpc) is 2.39. The zero-order valence-corrected chi connectivity index (χ0v) is 13.4. The fraction of sp³-hybridized carbons (Fsp3) is 0.867. The molecule has 0 spiro atoms. The van der Waals surface area contributed by atoms with E-state index in [1.807, 2.05) is 9.80 Å². The highest BCUT2D eigenvalue weighted by atomic mass is 16.2. The van der Waals surface area contributed by atoms with E-state index >= 15 is 0 Å². The summed E-state index contributed by atoms with van der Waals surface area (Å²) in [5.74, 6) is 0.218. The standard InChI is InChI=1S/C15H29N3O2/c1-5-9-17(11-14(19)16(3)4)12-15(20)18-10-7-6-8-13(18)2/h13H,5-12H2,1-4H3. The van der Waals surface area contributed by atoms with Crippen LogP contribution in [0, 0.1) is 0 Å². The highest BCUT2D eigenvalue weighted by Gasteiger charge is 2.25. The van der Waals surface area contributed by atoms with Gasteiger partial charge in [-0.15, -0.1) is 0 Å². The Balaban J connectivity index is 2.55. The summed E-state index contributed by atoms with van der Waals surface area (Å²) in [5, 5.41) is 0. The lowest BCUT2D eigenvalue weighted by molar-refractivity contribution is -0.137. The number of likely N-dealkylation sites (N-methyl/N-ethyl adjacent to an activating group) is 1. The van der Waals surface area contributed by atoms with E-state index in [0.717, 1.165) is 32.4 Å². The van der Waals surface area contributed by atoms with Gasteiger partial charge in [-0.05, 0) is 39.2 Å². The fourth-order valence-electron chi connectivity index (χ4n) is 2.61. The number of carbonyl (C=O) groups excluding carboxylic acids is 2. The molecule has 0 aromatic rings. The van der Waals surface area contributed by atoms with Crippen LogP contribution in [0.15, 0.2) is 0 Å². The first-order chi connectivity index (χ1) is 9.45. The van der Waals surface area contributed by atoms with Crippen LogP contribution in [0.1, 0.15) is 39.5 Å². The quantitative estimate of drug-likeness (QED) is 0.735. The van der Waals surface area contributed by atoms with E-state index in [9.17, 15) is 9.59 Å². The van der Waals surface area contributed by atoms with Crippen molar-refractivity contribution >= 4 is 11.8 Å². The highest BCUT2D eigenvalue weighted by molar-refractivity contribution is 5.81. The van der Waals surface area contributed by atoms with Gasteiger partial charge in [0.1, 0.15) is 0 Å². The van der Waals surface area contributed by atoms with Crippen LogP contribution < -0.4 is 0 Å². The number of piperidine rings is 1. The molecule has 1 unspecified atom stereocenters. The van der Waals surface area contributed by atoms with Gasteiger partial charge in [0.25, 0.3) is 0 Å². The van der Waals surface area contributed by atoms with Crippen molar-refractivity contribution in [2.45, 2.75) is 45.6 Å². The van der Waals surface area contributed by atoms with E-state index in [4.69, 9.17) is 0 Å². The molecule has 1 aliphatic rings. The number of hydrogen-bond donors (Lipinski definition) is 0. The summed E-state index contributed by atoms with van der Waals surface area (Å²) in [4.78, 5) is 29.7. The molecule has 116 valence electrons. The molecule has 0 aromatic heterocycles. The number of rotatable bonds is 6. The first kappa shape index (κ1) is 17.0. The molecule has 20 heavy (non-hydrogen) atoms. The predicted octanol–water partition coefficient (Wildman–Crippen LogP) is 1.19. The topological polar surface area (TPSA) is 43.9 Å². The van der Waals surface area contributed by atoms with Crippen molar-refractivity contribution in [3.63, 3.8) is 0 Å². The Kier molecular flexibility index (Phi) is 6.99. The van der Waals surface area contributed by atoms with Crippen molar-refractivity contribution in [2.75, 3.05) is 40.3 Å². The average molecular weight is 283 g/mol. The second kappa shape index (κ2) is 8.25. The van der Waals surface area contributed by atoms with E-state index in [-0.39, 0.29) is 11.8 Å². The van der Waals surface area contributed by atoms with E-state index in [1.54, 1.807) is 19.0 Å². The first-order valence-electron chi connectivity index (χ1n) is 7.67. The van der Waals surface area contributed by atoms with Gasteiger partial charge in [-0.1, -0.05) is 6.92 Å². The Morgan fingerprint density at radius 3 is 2.45 bits per heavy atom. The molecule has 1 rings (SSSR count). The van der Waals surface area contributed by atoms with Crippen LogP contribution in [0.3, 0.4) is 0 Å². The SMILES string of the molecule is CCCN(CC(=O)N(C)C)CC(=O)N1CCCCC1C. The van der Waals surface area contributed by atoms with Crippen LogP contribution in [0.4, 0.5) is 0 Å². The molecule has 0 radical (unpaired) electrons. The largest absolute Gasteiger partial charge is 0.348 e. The van der Waals surface area contributed by atoms with Crippen LogP contribution in [-0.4, -0.2) is 72.8 Å². The summed E-state index contributed by atoms with van der Waals surface area (Å²) >= 11 is 0. The van der Waals surface area contributed by atoms with Gasteiger partial charge in [-0.3, -0.25) is 14.5 Å². The zero-order valence-electron chi connectivity index (χ0n) is 13.4. The van der Waals surface area contributed by atoms with Crippen LogP contribution >= 0.6 is 0 Å². The Hall–Kier alpha value is -1.10. The van der Waals surface area contributed by atoms with Gasteiger partial charge in [0.05, 0.1) is 13.1 Å². The second-order valence-electron chi connectivity index (χ2n) is 5.93. The molecule has 0 aliphatic carbocycles. The molecule has 2 amide bonds. The summed E-state index contributed by atoms with van der Waals surface area (Å²) in [5.41, 5.74) is 0. The summed E-state index contributed by atoms with van der Waals surface area (Å²) < 4.78 is 0. The van der Waals surface area contributed by atoms with Crippen molar-refractivity contribution in [2.24, 2.45) is 0 Å². The summed E-state index contributed by atoms with van der Waals surface area (Å²) in [6.07, 6.45) is 4.35. The molecule has 5 heteroatoms. The Labute approximate surface area is 122 Å². The smallest absolute Gasteiger partial charge is 0.237 e. The normalized spacial score (nSPS) is 19.2. The number of likely N-dealkylation sites (tertiary alicyclic amines) is 1. The minimum atomic E-state index is 0.0537. The van der Waals surface area contributed by atoms with Crippen molar-refractivity contribution in [1.82, 2.24) is 14.7 Å². The minimum Gasteiger partial charge on any atom is -0.348 e. The lowest BCUT2D eigenvalue weighted by Gasteiger charge is -2.35. The number of nitrogens with zero attached hydrogens (tertiary/aromatic N) is 3. The van der Waals surface area contributed by atoms with Gasteiger partial charge in [-0.25, -0.2) is 0 Å². The van der Waals surface area contributed by atoms with Crippen molar-refractivity contribution in [1.29, 1.82) is 0 Å². The first-order valence-corrected chi connectivity index (χ1v) is 7.67. The van der Waals surface area contributed by atoms with Gasteiger partial charge >= 0.3 is 0 Å². The Bertz CT molecular complexity index is 331. The molecule has 1 aliphatic heterocycles. The van der Waals surface area contributed by atoms with E-state index in [2.05, 4.69) is 13.8 Å². The summed E-state index contributed by atoms with van der Waals surface area (Å²) in [6, 6.07) is 0.337. The third-order valence-electron chi connectivity index (χ3n) is 3.88. The third-order valence-corrected chi connectivity index (χ3v) is 3.88. The number of carbonyl (C=O) groups is 2. The fourth-order valence-corrected chi connectivity index (χ4v) is 2.61. The van der Waals surface area contributed by atoms with Crippen LogP contribution in [0.2, 0.25) is 0 Å². The molecule has 1 heterocycles. The van der Waals surface area contributed by atoms with Crippen molar-refractivity contribution < 1.29 is 9.59 Å². The number of amides is 2. The Morgan fingerprint density at radius 1 is 1.20 bits per heavy atom. The zero-order chi connectivity index (χ0) is 15.1. The van der Waals surface area contributed by atoms with Gasteiger partial charge in [-0.2, -0.15) is 0 Å². The van der Waals surface area contributed by atoms with Crippen LogP contribution in [0.25, 0.3) is 0 Å². The van der Waals surface area contributed by atoms with Crippen LogP contribution in [-0.2, 0) is 9.59 Å². The molecule has 1 saturated heterocycles. The molecule has 5 nitrogen and oxygen atoms in total. The molecule has 0 N–H and O–H groups in total. The molecule has 0 aromatic carbocycles. The van der Waals surface area contributed by atoms with Gasteiger partial charge < -0.3 is 9.80 Å². The predicted molar refractivity (Wildman–Crippen MR) is 80.5 cm³/mol. The minimum absolute atomic E-state index is 0.0537. The second-order valence-corrected chi connectivity index (χ2v) is 5.93. The molecular formula is C15H29N3O2. The maximum atomic E-state index is 12.4. The lowest BCUT2D eigenvalue weighted by atomic mass is 10.0. The number of hydrogen-bond acceptors (Lipinski definition) is 3. The molecule has 0 saturated carbocycles. The van der Waals surface area contributed by atoms with Crippen molar-refractivity contribution in [3.05, 3.63) is 0 Å². The van der Waals surface area contributed by atoms with Gasteiger partial charge in [0.15, 0.2) is 0 Å². The van der Waals surface area contributed by atoms with Crippen LogP contribution in [0.5, 0.6) is 0 Å². The van der Waals surface area contributed by atoms with Gasteiger partial charge in [0.2, 0.25) is 11.8 Å². The maximum absolute atomic E-state index is 12.4. The van der Waals surface area contributed by atoms with Crippen molar-refractivity contribution in [3.8, 4) is 0 Å². The van der Waals surface area contributed by atoms with E-state index in [1.165, 1.54) is 6.42 Å². The highest BCUT2D eigenvalue weighted by Crippen LogP contribution is 2.16. The van der Waals surface area contributed by atoms with E-state index < -0.39 is 0 Å². The maximum Gasteiger partial charge on any atom is 0.237 e. The molecule has 0 bridgehead atoms. The summed E-state index contributed by atoms with van der Waals surface area (Å²) in [6.45, 7) is 6.52. The molecule has 1 atom stereocenters. The van der Waals surface area contributed by atoms with E-state index in [0.29, 0.717) is 19.1 Å².